The summed E-state index contributed by atoms with van der Waals surface area (Å²) in [5.74, 6) is 0. The number of nitrogens with zero attached hydrogens (tertiary/aromatic N) is 3. The van der Waals surface area contributed by atoms with Gasteiger partial charge in [-0.1, -0.05) is 41.9 Å². The van der Waals surface area contributed by atoms with E-state index in [1.54, 1.807) is 36.5 Å². The predicted octanol–water partition coefficient (Wildman–Crippen LogP) is 3.93. The Morgan fingerprint density at radius 3 is 2.60 bits per heavy atom. The molecule has 1 aliphatic rings. The molecular formula is C20H19ClN4O3S2. The SMILES string of the molecule is O=S(=O)(c1ccc(-c2csc(N/N=C\c3ccccc3Cl)n2)cc1)N1CCOCC1. The van der Waals surface area contributed by atoms with Gasteiger partial charge in [-0.15, -0.1) is 11.3 Å². The zero-order valence-electron chi connectivity index (χ0n) is 15.9. The summed E-state index contributed by atoms with van der Waals surface area (Å²) < 4.78 is 32.1. The van der Waals surface area contributed by atoms with Crippen molar-refractivity contribution in [2.45, 2.75) is 4.90 Å². The number of ether oxygens (including phenoxy) is 1. The highest BCUT2D eigenvalue weighted by atomic mass is 35.5. The van der Waals surface area contributed by atoms with Gasteiger partial charge in [0.05, 0.1) is 30.0 Å². The molecule has 0 spiro atoms. The molecule has 0 amide bonds. The standard InChI is InChI=1S/C20H19ClN4O3S2/c21-18-4-2-1-3-16(18)13-22-24-20-23-19(14-29-20)15-5-7-17(8-6-15)30(26,27)25-9-11-28-12-10-25/h1-8,13-14H,9-12H2,(H,23,24)/b22-13-. The number of hydrogen-bond donors (Lipinski definition) is 1. The molecule has 30 heavy (non-hydrogen) atoms. The Labute approximate surface area is 184 Å². The topological polar surface area (TPSA) is 83.9 Å². The van der Waals surface area contributed by atoms with Crippen LogP contribution in [0.2, 0.25) is 5.02 Å². The number of halogens is 1. The Kier molecular flexibility index (Phi) is 6.45. The quantitative estimate of drug-likeness (QED) is 0.443. The van der Waals surface area contributed by atoms with Gasteiger partial charge in [-0.05, 0) is 18.2 Å². The summed E-state index contributed by atoms with van der Waals surface area (Å²) in [5.41, 5.74) is 5.27. The number of nitrogens with one attached hydrogen (secondary N) is 1. The molecule has 0 unspecified atom stereocenters. The molecule has 0 aliphatic carbocycles. The minimum Gasteiger partial charge on any atom is -0.379 e. The lowest BCUT2D eigenvalue weighted by Crippen LogP contribution is -2.40. The van der Waals surface area contributed by atoms with Crippen LogP contribution in [-0.4, -0.2) is 50.2 Å². The van der Waals surface area contributed by atoms with Gasteiger partial charge in [-0.2, -0.15) is 9.41 Å². The maximum absolute atomic E-state index is 12.7. The van der Waals surface area contributed by atoms with Gasteiger partial charge in [0.15, 0.2) is 0 Å². The molecule has 0 radical (unpaired) electrons. The first kappa shape index (κ1) is 21.0. The predicted molar refractivity (Wildman–Crippen MR) is 120 cm³/mol. The van der Waals surface area contributed by atoms with Gasteiger partial charge in [0.1, 0.15) is 0 Å². The Hall–Kier alpha value is -2.30. The molecule has 1 N–H and O–H groups in total. The fourth-order valence-electron chi connectivity index (χ4n) is 2.93. The van der Waals surface area contributed by atoms with E-state index in [4.69, 9.17) is 16.3 Å². The second-order valence-corrected chi connectivity index (χ2v) is 9.67. The number of rotatable bonds is 6. The third-order valence-electron chi connectivity index (χ3n) is 4.53. The van der Waals surface area contributed by atoms with Crippen molar-refractivity contribution in [2.75, 3.05) is 31.7 Å². The lowest BCUT2D eigenvalue weighted by Gasteiger charge is -2.26. The Bertz CT molecular complexity index is 1140. The van der Waals surface area contributed by atoms with Gasteiger partial charge in [0.2, 0.25) is 15.2 Å². The molecule has 2 heterocycles. The van der Waals surface area contributed by atoms with Crippen molar-refractivity contribution in [3.8, 4) is 11.3 Å². The van der Waals surface area contributed by atoms with Crippen LogP contribution in [-0.2, 0) is 14.8 Å². The summed E-state index contributed by atoms with van der Waals surface area (Å²) in [6.45, 7) is 1.59. The van der Waals surface area contributed by atoms with Crippen molar-refractivity contribution in [3.63, 3.8) is 0 Å². The van der Waals surface area contributed by atoms with Crippen molar-refractivity contribution < 1.29 is 13.2 Å². The molecule has 1 aliphatic heterocycles. The van der Waals surface area contributed by atoms with Crippen LogP contribution >= 0.6 is 22.9 Å². The third-order valence-corrected chi connectivity index (χ3v) is 7.54. The Balaban J connectivity index is 1.44. The van der Waals surface area contributed by atoms with Crippen LogP contribution in [0.4, 0.5) is 5.13 Å². The lowest BCUT2D eigenvalue weighted by atomic mass is 10.2. The van der Waals surface area contributed by atoms with Crippen LogP contribution in [0.25, 0.3) is 11.3 Å². The van der Waals surface area contributed by atoms with Gasteiger partial charge in [-0.3, -0.25) is 5.43 Å². The highest BCUT2D eigenvalue weighted by molar-refractivity contribution is 7.89. The molecule has 0 saturated carbocycles. The molecule has 10 heteroatoms. The number of morpholine rings is 1. The fraction of sp³-hybridized carbons (Fsp3) is 0.200. The summed E-state index contributed by atoms with van der Waals surface area (Å²) in [6, 6.07) is 14.2. The second-order valence-electron chi connectivity index (χ2n) is 6.47. The summed E-state index contributed by atoms with van der Waals surface area (Å²) >= 11 is 7.51. The van der Waals surface area contributed by atoms with Crippen LogP contribution in [0.1, 0.15) is 5.56 Å². The average molecular weight is 463 g/mol. The highest BCUT2D eigenvalue weighted by Gasteiger charge is 2.26. The van der Waals surface area contributed by atoms with Crippen molar-refractivity contribution >= 4 is 44.3 Å². The van der Waals surface area contributed by atoms with Gasteiger partial charge in [0, 0.05) is 34.6 Å². The molecule has 0 atom stereocenters. The fourth-order valence-corrected chi connectivity index (χ4v) is 5.19. The van der Waals surface area contributed by atoms with Gasteiger partial charge in [-0.25, -0.2) is 13.4 Å². The number of anilines is 1. The minimum absolute atomic E-state index is 0.270. The number of hydrazone groups is 1. The van der Waals surface area contributed by atoms with Crippen molar-refractivity contribution in [1.29, 1.82) is 0 Å². The smallest absolute Gasteiger partial charge is 0.243 e. The molecular weight excluding hydrogens is 444 g/mol. The van der Waals surface area contributed by atoms with E-state index >= 15 is 0 Å². The third kappa shape index (κ3) is 4.71. The maximum Gasteiger partial charge on any atom is 0.243 e. The first-order chi connectivity index (χ1) is 14.5. The molecule has 2 aromatic carbocycles. The zero-order valence-corrected chi connectivity index (χ0v) is 18.3. The number of benzene rings is 2. The van der Waals surface area contributed by atoms with E-state index in [-0.39, 0.29) is 4.90 Å². The monoisotopic (exact) mass is 462 g/mol. The van der Waals surface area contributed by atoms with Gasteiger partial charge >= 0.3 is 0 Å². The van der Waals surface area contributed by atoms with Crippen molar-refractivity contribution in [1.82, 2.24) is 9.29 Å². The molecule has 3 aromatic rings. The average Bonchev–Trinajstić information content (AvgIpc) is 3.25. The van der Waals surface area contributed by atoms with Crippen LogP contribution in [0.15, 0.2) is 63.9 Å². The summed E-state index contributed by atoms with van der Waals surface area (Å²) in [6.07, 6.45) is 1.63. The number of sulfonamides is 1. The first-order valence-corrected chi connectivity index (χ1v) is 11.9. The largest absolute Gasteiger partial charge is 0.379 e. The number of thiazole rings is 1. The van der Waals surface area contributed by atoms with Crippen LogP contribution in [0.5, 0.6) is 0 Å². The number of hydrogen-bond acceptors (Lipinski definition) is 7. The van der Waals surface area contributed by atoms with Crippen molar-refractivity contribution in [3.05, 3.63) is 64.5 Å². The molecule has 156 valence electrons. The Morgan fingerprint density at radius 2 is 1.87 bits per heavy atom. The zero-order chi connectivity index (χ0) is 21.0. The summed E-state index contributed by atoms with van der Waals surface area (Å²) in [5, 5.41) is 7.30. The van der Waals surface area contributed by atoms with Gasteiger partial charge in [0.25, 0.3) is 0 Å². The molecule has 4 rings (SSSR count). The maximum atomic E-state index is 12.7. The molecule has 1 fully saturated rings. The van der Waals surface area contributed by atoms with E-state index in [0.29, 0.717) is 36.5 Å². The molecule has 7 nitrogen and oxygen atoms in total. The van der Waals surface area contributed by atoms with E-state index in [9.17, 15) is 8.42 Å². The van der Waals surface area contributed by atoms with Crippen LogP contribution < -0.4 is 5.43 Å². The van der Waals surface area contributed by atoms with Crippen molar-refractivity contribution in [2.24, 2.45) is 5.10 Å². The molecule has 1 aromatic heterocycles. The van der Waals surface area contributed by atoms with E-state index in [1.807, 2.05) is 23.6 Å². The summed E-state index contributed by atoms with van der Waals surface area (Å²) in [7, 11) is -3.50. The van der Waals surface area contributed by atoms with E-state index in [2.05, 4.69) is 15.5 Å². The normalized spacial score (nSPS) is 15.5. The highest BCUT2D eigenvalue weighted by Crippen LogP contribution is 2.27. The Morgan fingerprint density at radius 1 is 1.13 bits per heavy atom. The first-order valence-electron chi connectivity index (χ1n) is 9.21. The van der Waals surface area contributed by atoms with Crippen LogP contribution in [0, 0.1) is 0 Å². The number of aromatic nitrogens is 1. The second kappa shape index (κ2) is 9.23. The lowest BCUT2D eigenvalue weighted by molar-refractivity contribution is 0.0730. The summed E-state index contributed by atoms with van der Waals surface area (Å²) in [4.78, 5) is 4.77. The van der Waals surface area contributed by atoms with E-state index in [1.165, 1.54) is 15.6 Å². The van der Waals surface area contributed by atoms with E-state index in [0.717, 1.165) is 16.8 Å². The molecule has 0 bridgehead atoms. The van der Waals surface area contributed by atoms with E-state index < -0.39 is 10.0 Å². The minimum atomic E-state index is -3.50. The molecule has 1 saturated heterocycles. The van der Waals surface area contributed by atoms with Crippen LogP contribution in [0.3, 0.4) is 0 Å². The van der Waals surface area contributed by atoms with Gasteiger partial charge < -0.3 is 4.74 Å².